The minimum atomic E-state index is -1.24. The summed E-state index contributed by atoms with van der Waals surface area (Å²) in [5.41, 5.74) is 0. The monoisotopic (exact) mass is 332 g/mol. The van der Waals surface area contributed by atoms with E-state index in [0.29, 0.717) is 6.42 Å². The molecule has 0 saturated carbocycles. The predicted octanol–water partition coefficient (Wildman–Crippen LogP) is 3.54. The summed E-state index contributed by atoms with van der Waals surface area (Å²) in [4.78, 5) is 0. The summed E-state index contributed by atoms with van der Waals surface area (Å²) >= 11 is 0. The van der Waals surface area contributed by atoms with Crippen LogP contribution in [0.15, 0.2) is 0 Å². The van der Waals surface area contributed by atoms with Crippen LogP contribution in [0.2, 0.25) is 0 Å². The van der Waals surface area contributed by atoms with Gasteiger partial charge in [-0.1, -0.05) is 90.4 Å². The number of aliphatic hydroxyl groups is 4. The zero-order valence-corrected chi connectivity index (χ0v) is 15.1. The van der Waals surface area contributed by atoms with Crippen LogP contribution in [-0.2, 0) is 0 Å². The fourth-order valence-corrected chi connectivity index (χ4v) is 2.91. The average Bonchev–Trinajstić information content (AvgIpc) is 2.57. The van der Waals surface area contributed by atoms with Gasteiger partial charge < -0.3 is 20.4 Å². The first kappa shape index (κ1) is 22.8. The molecule has 140 valence electrons. The lowest BCUT2D eigenvalue weighted by molar-refractivity contribution is -0.0787. The summed E-state index contributed by atoms with van der Waals surface area (Å²) in [6.45, 7) is 1.73. The summed E-state index contributed by atoms with van der Waals surface area (Å²) < 4.78 is 0. The van der Waals surface area contributed by atoms with E-state index >= 15 is 0 Å². The standard InChI is InChI=1S/C19H40O4/c1-2-3-4-5-6-7-8-9-10-11-12-13-14-15-17(21)19(23)18(22)16-20/h17-23H,2-16H2,1H3. The van der Waals surface area contributed by atoms with Crippen LogP contribution in [0.5, 0.6) is 0 Å². The lowest BCUT2D eigenvalue weighted by Gasteiger charge is -2.21. The zero-order valence-electron chi connectivity index (χ0n) is 15.1. The third-order valence-electron chi connectivity index (χ3n) is 4.58. The maximum Gasteiger partial charge on any atom is 0.108 e. The molecule has 0 radical (unpaired) electrons. The largest absolute Gasteiger partial charge is 0.394 e. The van der Waals surface area contributed by atoms with Gasteiger partial charge in [-0.3, -0.25) is 0 Å². The van der Waals surface area contributed by atoms with E-state index in [-0.39, 0.29) is 0 Å². The molecule has 0 fully saturated rings. The first-order chi connectivity index (χ1) is 11.1. The number of aliphatic hydroxyl groups excluding tert-OH is 4. The average molecular weight is 333 g/mol. The van der Waals surface area contributed by atoms with E-state index in [1.54, 1.807) is 0 Å². The summed E-state index contributed by atoms with van der Waals surface area (Å²) in [6, 6.07) is 0. The van der Waals surface area contributed by atoms with Gasteiger partial charge in [0.15, 0.2) is 0 Å². The number of hydrogen-bond acceptors (Lipinski definition) is 4. The highest BCUT2D eigenvalue weighted by atomic mass is 16.4. The maximum absolute atomic E-state index is 9.68. The van der Waals surface area contributed by atoms with Crippen molar-refractivity contribution in [3.63, 3.8) is 0 Å². The van der Waals surface area contributed by atoms with Crippen molar-refractivity contribution in [1.29, 1.82) is 0 Å². The van der Waals surface area contributed by atoms with Crippen molar-refractivity contribution in [2.45, 2.75) is 115 Å². The lowest BCUT2D eigenvalue weighted by Crippen LogP contribution is -2.39. The molecule has 0 aliphatic heterocycles. The van der Waals surface area contributed by atoms with Crippen molar-refractivity contribution in [1.82, 2.24) is 0 Å². The van der Waals surface area contributed by atoms with Crippen molar-refractivity contribution < 1.29 is 20.4 Å². The van der Waals surface area contributed by atoms with Gasteiger partial charge >= 0.3 is 0 Å². The summed E-state index contributed by atoms with van der Waals surface area (Å²) in [5, 5.41) is 37.2. The minimum absolute atomic E-state index is 0.482. The van der Waals surface area contributed by atoms with Crippen molar-refractivity contribution in [3.8, 4) is 0 Å². The summed E-state index contributed by atoms with van der Waals surface area (Å²) in [5.74, 6) is 0. The van der Waals surface area contributed by atoms with Crippen molar-refractivity contribution in [2.24, 2.45) is 0 Å². The third kappa shape index (κ3) is 13.9. The highest BCUT2D eigenvalue weighted by Crippen LogP contribution is 2.14. The molecule has 4 heteroatoms. The zero-order chi connectivity index (χ0) is 17.3. The number of unbranched alkanes of at least 4 members (excludes halogenated alkanes) is 12. The Labute approximate surface area is 142 Å². The van der Waals surface area contributed by atoms with E-state index < -0.39 is 24.9 Å². The van der Waals surface area contributed by atoms with Crippen LogP contribution in [0.25, 0.3) is 0 Å². The summed E-state index contributed by atoms with van der Waals surface area (Å²) in [6.07, 6.45) is 13.6. The quantitative estimate of drug-likeness (QED) is 0.307. The Morgan fingerprint density at radius 2 is 0.957 bits per heavy atom. The van der Waals surface area contributed by atoms with Crippen LogP contribution >= 0.6 is 0 Å². The van der Waals surface area contributed by atoms with E-state index in [1.165, 1.54) is 70.6 Å². The van der Waals surface area contributed by atoms with Crippen LogP contribution in [0.1, 0.15) is 96.8 Å². The van der Waals surface area contributed by atoms with Crippen LogP contribution in [0, 0.1) is 0 Å². The van der Waals surface area contributed by atoms with E-state index in [4.69, 9.17) is 5.11 Å². The van der Waals surface area contributed by atoms with Gasteiger partial charge in [0.2, 0.25) is 0 Å². The molecule has 4 nitrogen and oxygen atoms in total. The van der Waals surface area contributed by atoms with Crippen LogP contribution in [0.4, 0.5) is 0 Å². The van der Waals surface area contributed by atoms with Crippen LogP contribution in [0.3, 0.4) is 0 Å². The third-order valence-corrected chi connectivity index (χ3v) is 4.58. The van der Waals surface area contributed by atoms with Gasteiger partial charge in [-0.2, -0.15) is 0 Å². The molecule has 0 aliphatic rings. The number of rotatable bonds is 17. The Balaban J connectivity index is 3.24. The Morgan fingerprint density at radius 1 is 0.565 bits per heavy atom. The first-order valence-corrected chi connectivity index (χ1v) is 9.78. The Morgan fingerprint density at radius 3 is 1.35 bits per heavy atom. The fourth-order valence-electron chi connectivity index (χ4n) is 2.91. The molecule has 0 aromatic carbocycles. The van der Waals surface area contributed by atoms with Crippen molar-refractivity contribution in [2.75, 3.05) is 6.61 Å². The second-order valence-corrected chi connectivity index (χ2v) is 6.84. The molecule has 0 heterocycles. The molecular formula is C19H40O4. The highest BCUT2D eigenvalue weighted by Gasteiger charge is 2.23. The minimum Gasteiger partial charge on any atom is -0.394 e. The Bertz CT molecular complexity index is 235. The molecule has 0 aromatic rings. The molecule has 3 unspecified atom stereocenters. The van der Waals surface area contributed by atoms with Gasteiger partial charge in [-0.15, -0.1) is 0 Å². The van der Waals surface area contributed by atoms with E-state index in [0.717, 1.165) is 12.8 Å². The fraction of sp³-hybridized carbons (Fsp3) is 1.00. The predicted molar refractivity (Wildman–Crippen MR) is 95.4 cm³/mol. The topological polar surface area (TPSA) is 80.9 Å². The molecule has 23 heavy (non-hydrogen) atoms. The van der Waals surface area contributed by atoms with Crippen LogP contribution in [-0.4, -0.2) is 45.3 Å². The second-order valence-electron chi connectivity index (χ2n) is 6.84. The van der Waals surface area contributed by atoms with Gasteiger partial charge in [0, 0.05) is 0 Å². The smallest absolute Gasteiger partial charge is 0.108 e. The molecule has 0 spiro atoms. The van der Waals surface area contributed by atoms with Gasteiger partial charge in [0.25, 0.3) is 0 Å². The normalized spacial score (nSPS) is 15.5. The molecule has 0 aliphatic carbocycles. The van der Waals surface area contributed by atoms with Crippen molar-refractivity contribution >= 4 is 0 Å². The van der Waals surface area contributed by atoms with Crippen LogP contribution < -0.4 is 0 Å². The maximum atomic E-state index is 9.68. The molecule has 0 aromatic heterocycles. The molecule has 0 bridgehead atoms. The molecular weight excluding hydrogens is 292 g/mol. The van der Waals surface area contributed by atoms with Gasteiger partial charge in [0.05, 0.1) is 12.7 Å². The number of hydrogen-bond donors (Lipinski definition) is 4. The van der Waals surface area contributed by atoms with E-state index in [1.807, 2.05) is 0 Å². The van der Waals surface area contributed by atoms with Gasteiger partial charge in [-0.25, -0.2) is 0 Å². The molecule has 0 amide bonds. The molecule has 0 saturated heterocycles. The highest BCUT2D eigenvalue weighted by molar-refractivity contribution is 4.74. The van der Waals surface area contributed by atoms with Gasteiger partial charge in [-0.05, 0) is 6.42 Å². The Hall–Kier alpha value is -0.160. The van der Waals surface area contributed by atoms with E-state index in [2.05, 4.69) is 6.92 Å². The first-order valence-electron chi connectivity index (χ1n) is 9.78. The lowest BCUT2D eigenvalue weighted by atomic mass is 10.0. The second kappa shape index (κ2) is 16.7. The van der Waals surface area contributed by atoms with Gasteiger partial charge in [0.1, 0.15) is 12.2 Å². The summed E-state index contributed by atoms with van der Waals surface area (Å²) in [7, 11) is 0. The molecule has 0 rings (SSSR count). The van der Waals surface area contributed by atoms with E-state index in [9.17, 15) is 15.3 Å². The van der Waals surface area contributed by atoms with Crippen molar-refractivity contribution in [3.05, 3.63) is 0 Å². The molecule has 4 N–H and O–H groups in total. The SMILES string of the molecule is CCCCCCCCCCCCCCCC(O)C(O)C(O)CO. The Kier molecular flexibility index (Phi) is 16.6. The molecule has 3 atom stereocenters.